The van der Waals surface area contributed by atoms with Crippen LogP contribution in [0.15, 0.2) is 24.3 Å². The molecule has 1 heterocycles. The number of amides is 1. The molecule has 0 atom stereocenters. The van der Waals surface area contributed by atoms with Crippen LogP contribution in [0.5, 0.6) is 0 Å². The molecule has 1 aromatic rings. The third-order valence-corrected chi connectivity index (χ3v) is 6.56. The summed E-state index contributed by atoms with van der Waals surface area (Å²) in [6.45, 7) is 11.7. The lowest BCUT2D eigenvalue weighted by Gasteiger charge is -2.48. The second-order valence-electron chi connectivity index (χ2n) is 8.23. The van der Waals surface area contributed by atoms with Gasteiger partial charge in [-0.25, -0.2) is 0 Å². The first-order chi connectivity index (χ1) is 13.7. The van der Waals surface area contributed by atoms with Gasteiger partial charge in [-0.1, -0.05) is 45.2 Å². The predicted octanol–water partition coefficient (Wildman–Crippen LogP) is 3.29. The summed E-state index contributed by atoms with van der Waals surface area (Å²) in [6.07, 6.45) is 6.18. The monoisotopic (exact) mass is 387 g/mol. The summed E-state index contributed by atoms with van der Waals surface area (Å²) in [4.78, 5) is 17.7. The third-order valence-electron chi connectivity index (χ3n) is 6.56. The van der Waals surface area contributed by atoms with E-state index in [4.69, 9.17) is 4.74 Å². The van der Waals surface area contributed by atoms with Gasteiger partial charge in [-0.15, -0.1) is 0 Å². The Morgan fingerprint density at radius 2 is 1.71 bits per heavy atom. The molecule has 2 aliphatic rings. The van der Waals surface area contributed by atoms with Gasteiger partial charge in [0, 0.05) is 37.3 Å². The lowest BCUT2D eigenvalue weighted by Crippen LogP contribution is -2.59. The van der Waals surface area contributed by atoms with Gasteiger partial charge >= 0.3 is 0 Å². The lowest BCUT2D eigenvalue weighted by atomic mass is 9.79. The van der Waals surface area contributed by atoms with Crippen LogP contribution in [0.3, 0.4) is 0 Å². The van der Waals surface area contributed by atoms with Crippen molar-refractivity contribution in [1.82, 2.24) is 15.1 Å². The number of nitrogens with one attached hydrogen (secondary N) is 1. The molecule has 2 fully saturated rings. The van der Waals surface area contributed by atoms with Crippen LogP contribution in [-0.2, 0) is 11.3 Å². The van der Waals surface area contributed by atoms with E-state index in [0.29, 0.717) is 0 Å². The lowest BCUT2D eigenvalue weighted by molar-refractivity contribution is -0.0361. The highest BCUT2D eigenvalue weighted by Crippen LogP contribution is 2.34. The summed E-state index contributed by atoms with van der Waals surface area (Å²) in [5, 5.41) is 3.26. The number of nitrogens with zero attached hydrogens (tertiary/aromatic N) is 2. The van der Waals surface area contributed by atoms with E-state index in [1.54, 1.807) is 0 Å². The maximum Gasteiger partial charge on any atom is 0.251 e. The van der Waals surface area contributed by atoms with Gasteiger partial charge in [0.15, 0.2) is 0 Å². The minimum Gasteiger partial charge on any atom is -0.379 e. The summed E-state index contributed by atoms with van der Waals surface area (Å²) in [6, 6.07) is 8.12. The molecule has 1 aliphatic carbocycles. The molecule has 0 aromatic heterocycles. The molecule has 1 saturated carbocycles. The number of rotatable bonds is 8. The fraction of sp³-hybridized carbons (Fsp3) is 0.696. The van der Waals surface area contributed by atoms with Crippen molar-refractivity contribution < 1.29 is 9.53 Å². The van der Waals surface area contributed by atoms with E-state index in [1.165, 1.54) is 37.7 Å². The van der Waals surface area contributed by atoms with Gasteiger partial charge < -0.3 is 10.1 Å². The summed E-state index contributed by atoms with van der Waals surface area (Å²) in [5.41, 5.74) is 2.13. The maximum absolute atomic E-state index is 12.8. The first kappa shape index (κ1) is 21.3. The quantitative estimate of drug-likeness (QED) is 0.743. The Labute approximate surface area is 170 Å². The van der Waals surface area contributed by atoms with E-state index < -0.39 is 0 Å². The summed E-state index contributed by atoms with van der Waals surface area (Å²) >= 11 is 0. The Hall–Kier alpha value is -1.43. The van der Waals surface area contributed by atoms with E-state index in [-0.39, 0.29) is 11.4 Å². The smallest absolute Gasteiger partial charge is 0.251 e. The maximum atomic E-state index is 12.8. The molecule has 1 aliphatic heterocycles. The molecule has 0 unspecified atom stereocenters. The third kappa shape index (κ3) is 5.34. The zero-order valence-electron chi connectivity index (χ0n) is 17.7. The minimum absolute atomic E-state index is 0.0487. The Balaban J connectivity index is 1.59. The van der Waals surface area contributed by atoms with Crippen LogP contribution in [0, 0.1) is 0 Å². The first-order valence-corrected chi connectivity index (χ1v) is 11.1. The summed E-state index contributed by atoms with van der Waals surface area (Å²) < 4.78 is 5.55. The molecular formula is C23H37N3O2. The van der Waals surface area contributed by atoms with Crippen LogP contribution in [0.2, 0.25) is 0 Å². The van der Waals surface area contributed by atoms with Crippen LogP contribution in [0.25, 0.3) is 0 Å². The molecule has 5 nitrogen and oxygen atoms in total. The molecule has 28 heavy (non-hydrogen) atoms. The van der Waals surface area contributed by atoms with Gasteiger partial charge in [0.2, 0.25) is 0 Å². The van der Waals surface area contributed by atoms with Crippen LogP contribution < -0.4 is 5.32 Å². The van der Waals surface area contributed by atoms with Crippen LogP contribution >= 0.6 is 0 Å². The van der Waals surface area contributed by atoms with Crippen molar-refractivity contribution in [1.29, 1.82) is 0 Å². The molecule has 1 saturated heterocycles. The number of hydrogen-bond acceptors (Lipinski definition) is 4. The molecule has 156 valence electrons. The highest BCUT2D eigenvalue weighted by molar-refractivity contribution is 5.94. The van der Waals surface area contributed by atoms with Gasteiger partial charge in [-0.05, 0) is 43.6 Å². The average Bonchev–Trinajstić information content (AvgIpc) is 2.77. The van der Waals surface area contributed by atoms with Crippen molar-refractivity contribution in [2.75, 3.05) is 45.9 Å². The molecule has 3 rings (SSSR count). The van der Waals surface area contributed by atoms with Crippen LogP contribution in [-0.4, -0.2) is 67.2 Å². The normalized spacial score (nSPS) is 20.2. The largest absolute Gasteiger partial charge is 0.379 e. The summed E-state index contributed by atoms with van der Waals surface area (Å²) in [5.74, 6) is 0.0487. The van der Waals surface area contributed by atoms with E-state index in [2.05, 4.69) is 41.1 Å². The molecule has 5 heteroatoms. The number of ether oxygens (including phenoxy) is 1. The fourth-order valence-electron chi connectivity index (χ4n) is 4.67. The summed E-state index contributed by atoms with van der Waals surface area (Å²) in [7, 11) is 0. The van der Waals surface area contributed by atoms with Gasteiger partial charge in [-0.3, -0.25) is 14.6 Å². The van der Waals surface area contributed by atoms with Crippen molar-refractivity contribution in [3.05, 3.63) is 35.4 Å². The van der Waals surface area contributed by atoms with Crippen LogP contribution in [0.1, 0.15) is 61.9 Å². The number of carbonyl (C=O) groups excluding carboxylic acids is 1. The minimum atomic E-state index is 0.0487. The number of morpholine rings is 1. The van der Waals surface area contributed by atoms with Gasteiger partial charge in [0.05, 0.1) is 13.2 Å². The Kier molecular flexibility index (Phi) is 7.89. The van der Waals surface area contributed by atoms with Crippen LogP contribution in [0.4, 0.5) is 0 Å². The standard InChI is InChI=1S/C23H37N3O2/c1-3-25(4-2)18-20-8-10-21(11-9-20)22(27)24-19-23(12-6-5-7-13-23)26-14-16-28-17-15-26/h8-11H,3-7,12-19H2,1-2H3,(H,24,27). The average molecular weight is 388 g/mol. The molecule has 0 radical (unpaired) electrons. The van der Waals surface area contributed by atoms with E-state index in [1.807, 2.05) is 12.1 Å². The predicted molar refractivity (Wildman–Crippen MR) is 114 cm³/mol. The molecule has 0 spiro atoms. The van der Waals surface area contributed by atoms with E-state index >= 15 is 0 Å². The Bertz CT molecular complexity index is 601. The van der Waals surface area contributed by atoms with Crippen molar-refractivity contribution in [2.45, 2.75) is 58.0 Å². The zero-order chi connectivity index (χ0) is 19.8. The van der Waals surface area contributed by atoms with Crippen molar-refractivity contribution >= 4 is 5.91 Å². The highest BCUT2D eigenvalue weighted by Gasteiger charge is 2.38. The molecule has 1 aromatic carbocycles. The fourth-order valence-corrected chi connectivity index (χ4v) is 4.67. The zero-order valence-corrected chi connectivity index (χ0v) is 17.7. The molecule has 1 amide bonds. The van der Waals surface area contributed by atoms with Crippen molar-refractivity contribution in [3.8, 4) is 0 Å². The van der Waals surface area contributed by atoms with Gasteiger partial charge in [0.25, 0.3) is 5.91 Å². The van der Waals surface area contributed by atoms with Crippen molar-refractivity contribution in [2.24, 2.45) is 0 Å². The number of benzene rings is 1. The molecule has 0 bridgehead atoms. The Morgan fingerprint density at radius 1 is 1.07 bits per heavy atom. The highest BCUT2D eigenvalue weighted by atomic mass is 16.5. The molecule has 1 N–H and O–H groups in total. The van der Waals surface area contributed by atoms with Gasteiger partial charge in [0.1, 0.15) is 0 Å². The Morgan fingerprint density at radius 3 is 2.32 bits per heavy atom. The SMILES string of the molecule is CCN(CC)Cc1ccc(C(=O)NCC2(N3CCOCC3)CCCCC2)cc1. The second kappa shape index (κ2) is 10.4. The number of hydrogen-bond donors (Lipinski definition) is 1. The number of carbonyl (C=O) groups is 1. The molecular weight excluding hydrogens is 350 g/mol. The van der Waals surface area contributed by atoms with E-state index in [0.717, 1.165) is 58.0 Å². The van der Waals surface area contributed by atoms with Gasteiger partial charge in [-0.2, -0.15) is 0 Å². The first-order valence-electron chi connectivity index (χ1n) is 11.1. The van der Waals surface area contributed by atoms with Crippen molar-refractivity contribution in [3.63, 3.8) is 0 Å². The topological polar surface area (TPSA) is 44.8 Å². The van der Waals surface area contributed by atoms with E-state index in [9.17, 15) is 4.79 Å². The second-order valence-corrected chi connectivity index (χ2v) is 8.23.